The van der Waals surface area contributed by atoms with Crippen LogP contribution in [-0.2, 0) is 21.1 Å². The number of anilines is 2. The molecule has 0 unspecified atom stereocenters. The number of amides is 1. The molecule has 0 N–H and O–H groups in total. The van der Waals surface area contributed by atoms with Crippen LogP contribution < -0.4 is 9.80 Å². The summed E-state index contributed by atoms with van der Waals surface area (Å²) in [6.07, 6.45) is 1.44. The van der Waals surface area contributed by atoms with Crippen LogP contribution in [0.25, 0.3) is 0 Å². The van der Waals surface area contributed by atoms with Crippen LogP contribution in [-0.4, -0.2) is 45.0 Å². The number of carbonyl (C=O) groups is 1. The fourth-order valence-corrected chi connectivity index (χ4v) is 5.64. The molecule has 0 bridgehead atoms. The van der Waals surface area contributed by atoms with Crippen molar-refractivity contribution >= 4 is 27.1 Å². The predicted octanol–water partition coefficient (Wildman–Crippen LogP) is 2.27. The number of sulfone groups is 1. The highest BCUT2D eigenvalue weighted by atomic mass is 32.2. The van der Waals surface area contributed by atoms with Gasteiger partial charge in [0.15, 0.2) is 9.84 Å². The molecule has 2 aromatic carbocycles. The van der Waals surface area contributed by atoms with Crippen LogP contribution in [0, 0.1) is 0 Å². The number of para-hydroxylation sites is 2. The van der Waals surface area contributed by atoms with E-state index in [1.165, 1.54) is 5.56 Å². The molecule has 4 rings (SSSR count). The maximum absolute atomic E-state index is 13.2. The molecule has 1 atom stereocenters. The van der Waals surface area contributed by atoms with E-state index in [1.54, 1.807) is 4.90 Å². The molecule has 0 aliphatic carbocycles. The zero-order chi connectivity index (χ0) is 18.1. The molecule has 2 heterocycles. The van der Waals surface area contributed by atoms with Crippen LogP contribution in [0.5, 0.6) is 0 Å². The molecule has 5 nitrogen and oxygen atoms in total. The Hall–Kier alpha value is -2.34. The number of nitrogens with zero attached hydrogens (tertiary/aromatic N) is 2. The Kier molecular flexibility index (Phi) is 4.44. The van der Waals surface area contributed by atoms with Crippen molar-refractivity contribution in [1.29, 1.82) is 0 Å². The van der Waals surface area contributed by atoms with Gasteiger partial charge < -0.3 is 9.80 Å². The molecule has 136 valence electrons. The average molecular weight is 370 g/mol. The van der Waals surface area contributed by atoms with Gasteiger partial charge in [0, 0.05) is 17.9 Å². The molecule has 2 aliphatic rings. The van der Waals surface area contributed by atoms with E-state index in [0.717, 1.165) is 24.3 Å². The first-order valence-electron chi connectivity index (χ1n) is 8.94. The van der Waals surface area contributed by atoms with Crippen LogP contribution in [0.2, 0.25) is 0 Å². The third kappa shape index (κ3) is 3.33. The van der Waals surface area contributed by atoms with Gasteiger partial charge in [0.05, 0.1) is 24.1 Å². The largest absolute Gasteiger partial charge is 0.362 e. The van der Waals surface area contributed by atoms with E-state index in [1.807, 2.05) is 48.5 Å². The molecular formula is C20H22N2O3S. The molecule has 2 aromatic rings. The van der Waals surface area contributed by atoms with Gasteiger partial charge in [-0.3, -0.25) is 4.79 Å². The SMILES string of the molecule is O=C(CN1CCc2ccccc21)N(c1ccccc1)[C@@H]1CCS(=O)(=O)C1. The summed E-state index contributed by atoms with van der Waals surface area (Å²) in [6.45, 7) is 1.08. The van der Waals surface area contributed by atoms with Crippen molar-refractivity contribution in [3.05, 3.63) is 60.2 Å². The molecule has 0 saturated carbocycles. The zero-order valence-electron chi connectivity index (χ0n) is 14.5. The summed E-state index contributed by atoms with van der Waals surface area (Å²) in [4.78, 5) is 17.0. The monoisotopic (exact) mass is 370 g/mol. The molecule has 0 radical (unpaired) electrons. The first-order chi connectivity index (χ1) is 12.5. The third-order valence-corrected chi connectivity index (χ3v) is 6.94. The van der Waals surface area contributed by atoms with E-state index in [0.29, 0.717) is 6.42 Å². The van der Waals surface area contributed by atoms with Gasteiger partial charge in [-0.2, -0.15) is 0 Å². The molecule has 1 fully saturated rings. The summed E-state index contributed by atoms with van der Waals surface area (Å²) in [6, 6.07) is 17.3. The smallest absolute Gasteiger partial charge is 0.246 e. The fraction of sp³-hybridized carbons (Fsp3) is 0.350. The lowest BCUT2D eigenvalue weighted by Gasteiger charge is -2.31. The van der Waals surface area contributed by atoms with Gasteiger partial charge in [-0.1, -0.05) is 36.4 Å². The molecule has 6 heteroatoms. The van der Waals surface area contributed by atoms with Crippen molar-refractivity contribution in [3.63, 3.8) is 0 Å². The van der Waals surface area contributed by atoms with Gasteiger partial charge in [0.25, 0.3) is 0 Å². The third-order valence-electron chi connectivity index (χ3n) is 5.19. The lowest BCUT2D eigenvalue weighted by Crippen LogP contribution is -2.46. The Morgan fingerprint density at radius 1 is 1.08 bits per heavy atom. The zero-order valence-corrected chi connectivity index (χ0v) is 15.4. The van der Waals surface area contributed by atoms with Crippen molar-refractivity contribution in [1.82, 2.24) is 0 Å². The summed E-state index contributed by atoms with van der Waals surface area (Å²) in [5, 5.41) is 0. The van der Waals surface area contributed by atoms with Crippen LogP contribution >= 0.6 is 0 Å². The van der Waals surface area contributed by atoms with Crippen LogP contribution in [0.4, 0.5) is 11.4 Å². The molecule has 0 spiro atoms. The average Bonchev–Trinajstić information content (AvgIpc) is 3.20. The van der Waals surface area contributed by atoms with Crippen LogP contribution in [0.15, 0.2) is 54.6 Å². The summed E-state index contributed by atoms with van der Waals surface area (Å²) in [7, 11) is -3.07. The lowest BCUT2D eigenvalue weighted by molar-refractivity contribution is -0.117. The minimum atomic E-state index is -3.07. The molecule has 0 aromatic heterocycles. The molecular weight excluding hydrogens is 348 g/mol. The lowest BCUT2D eigenvalue weighted by atomic mass is 10.1. The fourth-order valence-electron chi connectivity index (χ4n) is 3.94. The Morgan fingerprint density at radius 3 is 2.54 bits per heavy atom. The first-order valence-corrected chi connectivity index (χ1v) is 10.8. The minimum absolute atomic E-state index is 0.0459. The van der Waals surface area contributed by atoms with Gasteiger partial charge in [-0.05, 0) is 36.6 Å². The van der Waals surface area contributed by atoms with Crippen LogP contribution in [0.3, 0.4) is 0 Å². The summed E-state index contributed by atoms with van der Waals surface area (Å²) < 4.78 is 23.9. The second-order valence-electron chi connectivity index (χ2n) is 6.96. The number of hydrogen-bond donors (Lipinski definition) is 0. The Bertz CT molecular complexity index is 912. The van der Waals surface area contributed by atoms with Crippen molar-refractivity contribution in [3.8, 4) is 0 Å². The standard InChI is InChI=1S/C20H22N2O3S/c23-20(14-21-12-10-16-6-4-5-9-19(16)21)22(17-7-2-1-3-8-17)18-11-13-26(24,25)15-18/h1-9,18H,10-15H2/t18-/m1/s1. The van der Waals surface area contributed by atoms with Gasteiger partial charge in [-0.15, -0.1) is 0 Å². The highest BCUT2D eigenvalue weighted by molar-refractivity contribution is 7.91. The van der Waals surface area contributed by atoms with Crippen molar-refractivity contribution in [2.75, 3.05) is 34.4 Å². The summed E-state index contributed by atoms with van der Waals surface area (Å²) >= 11 is 0. The quantitative estimate of drug-likeness (QED) is 0.828. The number of benzene rings is 2. The summed E-state index contributed by atoms with van der Waals surface area (Å²) in [5.41, 5.74) is 3.13. The highest BCUT2D eigenvalue weighted by Crippen LogP contribution is 2.29. The maximum atomic E-state index is 13.2. The predicted molar refractivity (Wildman–Crippen MR) is 103 cm³/mol. The highest BCUT2D eigenvalue weighted by Gasteiger charge is 2.36. The van der Waals surface area contributed by atoms with E-state index in [4.69, 9.17) is 0 Å². The van der Waals surface area contributed by atoms with E-state index in [-0.39, 0.29) is 30.0 Å². The Balaban J connectivity index is 1.59. The molecule has 1 amide bonds. The number of fused-ring (bicyclic) bond motifs is 1. The van der Waals surface area contributed by atoms with E-state index in [2.05, 4.69) is 11.0 Å². The van der Waals surface area contributed by atoms with Gasteiger partial charge in [-0.25, -0.2) is 8.42 Å². The number of carbonyl (C=O) groups excluding carboxylic acids is 1. The van der Waals surface area contributed by atoms with E-state index in [9.17, 15) is 13.2 Å². The van der Waals surface area contributed by atoms with Gasteiger partial charge >= 0.3 is 0 Å². The normalized spacial score (nSPS) is 20.8. The second kappa shape index (κ2) is 6.76. The van der Waals surface area contributed by atoms with Crippen molar-refractivity contribution in [2.24, 2.45) is 0 Å². The minimum Gasteiger partial charge on any atom is -0.362 e. The number of hydrogen-bond acceptors (Lipinski definition) is 4. The van der Waals surface area contributed by atoms with Crippen molar-refractivity contribution < 1.29 is 13.2 Å². The molecule has 26 heavy (non-hydrogen) atoms. The van der Waals surface area contributed by atoms with Gasteiger partial charge in [0.1, 0.15) is 0 Å². The van der Waals surface area contributed by atoms with Crippen LogP contribution in [0.1, 0.15) is 12.0 Å². The Labute approximate surface area is 154 Å². The Morgan fingerprint density at radius 2 is 1.81 bits per heavy atom. The summed E-state index contributed by atoms with van der Waals surface area (Å²) in [5.74, 6) is 0.153. The molecule has 1 saturated heterocycles. The maximum Gasteiger partial charge on any atom is 0.246 e. The first kappa shape index (κ1) is 17.1. The second-order valence-corrected chi connectivity index (χ2v) is 9.19. The molecule has 2 aliphatic heterocycles. The van der Waals surface area contributed by atoms with Gasteiger partial charge in [0.2, 0.25) is 5.91 Å². The van der Waals surface area contributed by atoms with E-state index < -0.39 is 9.84 Å². The topological polar surface area (TPSA) is 57.7 Å². The van der Waals surface area contributed by atoms with Crippen molar-refractivity contribution in [2.45, 2.75) is 18.9 Å². The van der Waals surface area contributed by atoms with E-state index >= 15 is 0 Å². The number of rotatable bonds is 4.